The number of nitrogens with zero attached hydrogens (tertiary/aromatic N) is 2. The zero-order valence-electron chi connectivity index (χ0n) is 11.8. The van der Waals surface area contributed by atoms with Gasteiger partial charge in [0.15, 0.2) is 0 Å². The number of hydrogen-bond donors (Lipinski definition) is 0. The van der Waals surface area contributed by atoms with Crippen molar-refractivity contribution in [1.82, 2.24) is 4.90 Å². The van der Waals surface area contributed by atoms with Gasteiger partial charge < -0.3 is 4.74 Å². The minimum absolute atomic E-state index is 0.661. The Morgan fingerprint density at radius 3 is 2.50 bits per heavy atom. The van der Waals surface area contributed by atoms with E-state index in [1.165, 1.54) is 5.56 Å². The molecule has 0 aliphatic heterocycles. The maximum absolute atomic E-state index is 8.99. The predicted octanol–water partition coefficient (Wildman–Crippen LogP) is 3.20. The van der Waals surface area contributed by atoms with Crippen LogP contribution in [0, 0.1) is 11.3 Å². The molecule has 0 N–H and O–H groups in total. The Morgan fingerprint density at radius 1 is 1.10 bits per heavy atom. The van der Waals surface area contributed by atoms with Crippen LogP contribution in [0.4, 0.5) is 0 Å². The third-order valence-corrected chi connectivity index (χ3v) is 3.15. The molecule has 0 heterocycles. The molecule has 0 fully saturated rings. The fourth-order valence-electron chi connectivity index (χ4n) is 2.21. The molecule has 0 saturated heterocycles. The first-order chi connectivity index (χ1) is 9.72. The summed E-state index contributed by atoms with van der Waals surface area (Å²) in [5.41, 5.74) is 2.96. The Hall–Kier alpha value is -2.31. The van der Waals surface area contributed by atoms with Gasteiger partial charge in [-0.1, -0.05) is 30.3 Å². The highest BCUT2D eigenvalue weighted by Gasteiger charge is 2.08. The number of hydrogen-bond acceptors (Lipinski definition) is 3. The van der Waals surface area contributed by atoms with Crippen LogP contribution in [0.1, 0.15) is 16.7 Å². The molecule has 3 heteroatoms. The van der Waals surface area contributed by atoms with Crippen molar-refractivity contribution in [2.45, 2.75) is 13.1 Å². The van der Waals surface area contributed by atoms with E-state index in [4.69, 9.17) is 10.00 Å². The standard InChI is InChI=1S/C17H18N2O/c1-19(12-14-6-4-3-5-7-14)13-16-10-15(11-18)8-9-17(16)20-2/h3-10H,12-13H2,1-2H3. The van der Waals surface area contributed by atoms with Gasteiger partial charge in [0.1, 0.15) is 5.75 Å². The summed E-state index contributed by atoms with van der Waals surface area (Å²) < 4.78 is 5.36. The molecule has 0 saturated carbocycles. The largest absolute Gasteiger partial charge is 0.496 e. The van der Waals surface area contributed by atoms with E-state index in [0.717, 1.165) is 24.4 Å². The van der Waals surface area contributed by atoms with E-state index >= 15 is 0 Å². The molecule has 2 rings (SSSR count). The van der Waals surface area contributed by atoms with E-state index in [1.54, 1.807) is 13.2 Å². The minimum atomic E-state index is 0.661. The van der Waals surface area contributed by atoms with Gasteiger partial charge in [0.2, 0.25) is 0 Å². The summed E-state index contributed by atoms with van der Waals surface area (Å²) in [7, 11) is 3.72. The van der Waals surface area contributed by atoms with Crippen molar-refractivity contribution in [3.63, 3.8) is 0 Å². The lowest BCUT2D eigenvalue weighted by atomic mass is 10.1. The third kappa shape index (κ3) is 3.59. The summed E-state index contributed by atoms with van der Waals surface area (Å²) in [4.78, 5) is 2.20. The highest BCUT2D eigenvalue weighted by atomic mass is 16.5. The first-order valence-electron chi connectivity index (χ1n) is 6.52. The van der Waals surface area contributed by atoms with Crippen LogP contribution in [0.5, 0.6) is 5.75 Å². The van der Waals surface area contributed by atoms with E-state index < -0.39 is 0 Å². The van der Waals surface area contributed by atoms with Gasteiger partial charge >= 0.3 is 0 Å². The van der Waals surface area contributed by atoms with Crippen molar-refractivity contribution in [3.05, 3.63) is 65.2 Å². The maximum Gasteiger partial charge on any atom is 0.123 e. The lowest BCUT2D eigenvalue weighted by Gasteiger charge is -2.18. The van der Waals surface area contributed by atoms with Crippen LogP contribution in [0.3, 0.4) is 0 Å². The Morgan fingerprint density at radius 2 is 1.85 bits per heavy atom. The molecule has 0 bridgehead atoms. The summed E-state index contributed by atoms with van der Waals surface area (Å²) in [5, 5.41) is 8.99. The predicted molar refractivity (Wildman–Crippen MR) is 79.3 cm³/mol. The zero-order valence-corrected chi connectivity index (χ0v) is 11.8. The number of rotatable bonds is 5. The van der Waals surface area contributed by atoms with E-state index in [0.29, 0.717) is 5.56 Å². The second-order valence-electron chi connectivity index (χ2n) is 4.80. The molecule has 0 amide bonds. The van der Waals surface area contributed by atoms with Gasteiger partial charge in [0.05, 0.1) is 18.7 Å². The first kappa shape index (κ1) is 14.1. The third-order valence-electron chi connectivity index (χ3n) is 3.15. The van der Waals surface area contributed by atoms with Gasteiger partial charge in [-0.05, 0) is 30.8 Å². The zero-order chi connectivity index (χ0) is 14.4. The second-order valence-corrected chi connectivity index (χ2v) is 4.80. The molecule has 20 heavy (non-hydrogen) atoms. The smallest absolute Gasteiger partial charge is 0.123 e. The fraction of sp³-hybridized carbons (Fsp3) is 0.235. The van der Waals surface area contributed by atoms with Crippen molar-refractivity contribution in [2.75, 3.05) is 14.2 Å². The van der Waals surface area contributed by atoms with Crippen molar-refractivity contribution in [3.8, 4) is 11.8 Å². The van der Waals surface area contributed by atoms with Crippen LogP contribution in [0.15, 0.2) is 48.5 Å². The van der Waals surface area contributed by atoms with Crippen LogP contribution in [-0.2, 0) is 13.1 Å². The van der Waals surface area contributed by atoms with Crippen LogP contribution in [-0.4, -0.2) is 19.1 Å². The molecule has 0 aromatic heterocycles. The molecule has 0 aliphatic carbocycles. The number of methoxy groups -OCH3 is 1. The normalized spacial score (nSPS) is 10.3. The Balaban J connectivity index is 2.11. The summed E-state index contributed by atoms with van der Waals surface area (Å²) >= 11 is 0. The maximum atomic E-state index is 8.99. The van der Waals surface area contributed by atoms with E-state index in [9.17, 15) is 0 Å². The van der Waals surface area contributed by atoms with Gasteiger partial charge in [0, 0.05) is 18.7 Å². The lowest BCUT2D eigenvalue weighted by Crippen LogP contribution is -2.17. The van der Waals surface area contributed by atoms with Crippen molar-refractivity contribution < 1.29 is 4.74 Å². The Labute approximate surface area is 120 Å². The number of ether oxygens (including phenoxy) is 1. The molecular weight excluding hydrogens is 248 g/mol. The number of nitriles is 1. The van der Waals surface area contributed by atoms with E-state index in [-0.39, 0.29) is 0 Å². The van der Waals surface area contributed by atoms with E-state index in [2.05, 4.69) is 30.1 Å². The first-order valence-corrected chi connectivity index (χ1v) is 6.52. The molecule has 2 aromatic carbocycles. The average Bonchev–Trinajstić information content (AvgIpc) is 2.48. The SMILES string of the molecule is COc1ccc(C#N)cc1CN(C)Cc1ccccc1. The van der Waals surface area contributed by atoms with Gasteiger partial charge in [-0.25, -0.2) is 0 Å². The molecular formula is C17H18N2O. The second kappa shape index (κ2) is 6.74. The highest BCUT2D eigenvalue weighted by molar-refractivity contribution is 5.42. The van der Waals surface area contributed by atoms with Crippen LogP contribution >= 0.6 is 0 Å². The summed E-state index contributed by atoms with van der Waals surface area (Å²) in [6, 6.07) is 18.0. The molecule has 0 radical (unpaired) electrons. The van der Waals surface area contributed by atoms with Gasteiger partial charge in [-0.2, -0.15) is 5.26 Å². The highest BCUT2D eigenvalue weighted by Crippen LogP contribution is 2.21. The van der Waals surface area contributed by atoms with Crippen LogP contribution in [0.2, 0.25) is 0 Å². The Bertz CT molecular complexity index is 602. The number of benzene rings is 2. The molecule has 0 spiro atoms. The molecule has 0 aliphatic rings. The quantitative estimate of drug-likeness (QED) is 0.833. The van der Waals surface area contributed by atoms with Crippen LogP contribution < -0.4 is 4.74 Å². The molecule has 0 unspecified atom stereocenters. The van der Waals surface area contributed by atoms with Crippen molar-refractivity contribution in [2.24, 2.45) is 0 Å². The summed E-state index contributed by atoms with van der Waals surface area (Å²) in [6.07, 6.45) is 0. The van der Waals surface area contributed by atoms with Gasteiger partial charge in [0.25, 0.3) is 0 Å². The van der Waals surface area contributed by atoms with Crippen molar-refractivity contribution in [1.29, 1.82) is 5.26 Å². The molecule has 0 atom stereocenters. The van der Waals surface area contributed by atoms with Crippen LogP contribution in [0.25, 0.3) is 0 Å². The van der Waals surface area contributed by atoms with Gasteiger partial charge in [-0.15, -0.1) is 0 Å². The topological polar surface area (TPSA) is 36.3 Å². The fourth-order valence-corrected chi connectivity index (χ4v) is 2.21. The van der Waals surface area contributed by atoms with Gasteiger partial charge in [-0.3, -0.25) is 4.90 Å². The molecule has 2 aromatic rings. The Kier molecular flexibility index (Phi) is 4.75. The summed E-state index contributed by atoms with van der Waals surface area (Å²) in [6.45, 7) is 1.61. The average molecular weight is 266 g/mol. The lowest BCUT2D eigenvalue weighted by molar-refractivity contribution is 0.310. The summed E-state index contributed by atoms with van der Waals surface area (Å²) in [5.74, 6) is 0.823. The van der Waals surface area contributed by atoms with E-state index in [1.807, 2.05) is 30.3 Å². The molecule has 102 valence electrons. The molecule has 3 nitrogen and oxygen atoms in total. The minimum Gasteiger partial charge on any atom is -0.496 e. The van der Waals surface area contributed by atoms with Crippen molar-refractivity contribution >= 4 is 0 Å². The monoisotopic (exact) mass is 266 g/mol.